The first-order valence-electron chi connectivity index (χ1n) is 7.37. The van der Waals surface area contributed by atoms with Crippen molar-refractivity contribution in [3.63, 3.8) is 0 Å². The lowest BCUT2D eigenvalue weighted by Crippen LogP contribution is -2.41. The molecule has 0 amide bonds. The van der Waals surface area contributed by atoms with Gasteiger partial charge in [-0.1, -0.05) is 24.3 Å². The van der Waals surface area contributed by atoms with E-state index in [2.05, 4.69) is 18.2 Å². The van der Waals surface area contributed by atoms with E-state index in [-0.39, 0.29) is 11.4 Å². The molecule has 1 aromatic rings. The standard InChI is InChI=1S/C17H25NO2/c1-16(2,3)20-15(19)11-17(12-18)10-6-8-13-7-4-5-9-14(13)17/h4-5,7,9H,6,8,10-12,18H2,1-3H3. The van der Waals surface area contributed by atoms with Gasteiger partial charge >= 0.3 is 5.97 Å². The lowest BCUT2D eigenvalue weighted by molar-refractivity contribution is -0.156. The van der Waals surface area contributed by atoms with Crippen LogP contribution in [0.4, 0.5) is 0 Å². The maximum Gasteiger partial charge on any atom is 0.307 e. The van der Waals surface area contributed by atoms with Crippen LogP contribution in [-0.4, -0.2) is 18.1 Å². The Hall–Kier alpha value is -1.35. The highest BCUT2D eigenvalue weighted by molar-refractivity contribution is 5.72. The van der Waals surface area contributed by atoms with Gasteiger partial charge in [-0.2, -0.15) is 0 Å². The van der Waals surface area contributed by atoms with Crippen LogP contribution < -0.4 is 5.73 Å². The Labute approximate surface area is 121 Å². The molecule has 1 unspecified atom stereocenters. The Morgan fingerprint density at radius 2 is 2.05 bits per heavy atom. The molecule has 0 bridgehead atoms. The third kappa shape index (κ3) is 3.21. The number of ether oxygens (including phenoxy) is 1. The molecular formula is C17H25NO2. The number of esters is 1. The largest absolute Gasteiger partial charge is 0.460 e. The average molecular weight is 275 g/mol. The van der Waals surface area contributed by atoms with Crippen LogP contribution in [0.1, 0.15) is 51.2 Å². The molecule has 1 atom stereocenters. The van der Waals surface area contributed by atoms with Gasteiger partial charge in [-0.15, -0.1) is 0 Å². The minimum absolute atomic E-state index is 0.153. The zero-order valence-electron chi connectivity index (χ0n) is 12.7. The summed E-state index contributed by atoms with van der Waals surface area (Å²) in [5.74, 6) is -0.153. The molecular weight excluding hydrogens is 250 g/mol. The predicted molar refractivity (Wildman–Crippen MR) is 80.6 cm³/mol. The molecule has 3 nitrogen and oxygen atoms in total. The summed E-state index contributed by atoms with van der Waals surface area (Å²) in [4.78, 5) is 12.2. The van der Waals surface area contributed by atoms with Crippen molar-refractivity contribution in [2.45, 2.75) is 57.5 Å². The minimum atomic E-state index is -0.443. The maximum absolute atomic E-state index is 12.2. The van der Waals surface area contributed by atoms with Crippen LogP contribution in [0.3, 0.4) is 0 Å². The van der Waals surface area contributed by atoms with Gasteiger partial charge in [0.25, 0.3) is 0 Å². The molecule has 0 fully saturated rings. The van der Waals surface area contributed by atoms with E-state index in [4.69, 9.17) is 10.5 Å². The SMILES string of the molecule is CC(C)(C)OC(=O)CC1(CN)CCCc2ccccc21. The van der Waals surface area contributed by atoms with E-state index < -0.39 is 5.60 Å². The topological polar surface area (TPSA) is 52.3 Å². The second-order valence-electron chi connectivity index (χ2n) is 6.76. The second kappa shape index (κ2) is 5.57. The van der Waals surface area contributed by atoms with Crippen molar-refractivity contribution < 1.29 is 9.53 Å². The fourth-order valence-electron chi connectivity index (χ4n) is 3.13. The first kappa shape index (κ1) is 15.0. The molecule has 110 valence electrons. The van der Waals surface area contributed by atoms with Crippen LogP contribution in [0, 0.1) is 0 Å². The van der Waals surface area contributed by atoms with Gasteiger partial charge in [0.1, 0.15) is 5.60 Å². The molecule has 0 aromatic heterocycles. The van der Waals surface area contributed by atoms with E-state index in [1.54, 1.807) is 0 Å². The number of fused-ring (bicyclic) bond motifs is 1. The third-order valence-electron chi connectivity index (χ3n) is 3.98. The fourth-order valence-corrected chi connectivity index (χ4v) is 3.13. The number of hydrogen-bond acceptors (Lipinski definition) is 3. The summed E-state index contributed by atoms with van der Waals surface area (Å²) in [6, 6.07) is 8.35. The predicted octanol–water partition coefficient (Wildman–Crippen LogP) is 2.95. The molecule has 0 radical (unpaired) electrons. The normalized spacial score (nSPS) is 22.2. The van der Waals surface area contributed by atoms with Crippen molar-refractivity contribution >= 4 is 5.97 Å². The van der Waals surface area contributed by atoms with E-state index in [0.29, 0.717) is 13.0 Å². The van der Waals surface area contributed by atoms with Crippen molar-refractivity contribution in [1.82, 2.24) is 0 Å². The average Bonchev–Trinajstić information content (AvgIpc) is 2.37. The number of aryl methyl sites for hydroxylation is 1. The Morgan fingerprint density at radius 3 is 2.70 bits per heavy atom. The molecule has 2 rings (SSSR count). The first-order valence-corrected chi connectivity index (χ1v) is 7.37. The van der Waals surface area contributed by atoms with Crippen LogP contribution in [0.25, 0.3) is 0 Å². The lowest BCUT2D eigenvalue weighted by atomic mass is 9.68. The van der Waals surface area contributed by atoms with Crippen LogP contribution in [0.2, 0.25) is 0 Å². The van der Waals surface area contributed by atoms with E-state index >= 15 is 0 Å². The molecule has 0 aliphatic heterocycles. The number of hydrogen-bond donors (Lipinski definition) is 1. The third-order valence-corrected chi connectivity index (χ3v) is 3.98. The van der Waals surface area contributed by atoms with Crippen LogP contribution in [0.15, 0.2) is 24.3 Å². The van der Waals surface area contributed by atoms with Crippen molar-refractivity contribution in [1.29, 1.82) is 0 Å². The van der Waals surface area contributed by atoms with E-state index in [1.165, 1.54) is 11.1 Å². The zero-order chi connectivity index (χ0) is 14.8. The summed E-state index contributed by atoms with van der Waals surface area (Å²) >= 11 is 0. The molecule has 0 saturated heterocycles. The maximum atomic E-state index is 12.2. The highest BCUT2D eigenvalue weighted by Gasteiger charge is 2.38. The Balaban J connectivity index is 2.25. The summed E-state index contributed by atoms with van der Waals surface area (Å²) in [5, 5.41) is 0. The van der Waals surface area contributed by atoms with E-state index in [9.17, 15) is 4.79 Å². The van der Waals surface area contributed by atoms with Gasteiger partial charge in [0, 0.05) is 12.0 Å². The van der Waals surface area contributed by atoms with Gasteiger partial charge in [0.2, 0.25) is 0 Å². The smallest absolute Gasteiger partial charge is 0.307 e. The van der Waals surface area contributed by atoms with Crippen molar-refractivity contribution in [2.24, 2.45) is 5.73 Å². The monoisotopic (exact) mass is 275 g/mol. The minimum Gasteiger partial charge on any atom is -0.460 e. The van der Waals surface area contributed by atoms with E-state index in [0.717, 1.165) is 19.3 Å². The summed E-state index contributed by atoms with van der Waals surface area (Å²) in [5.41, 5.74) is 7.92. The van der Waals surface area contributed by atoms with Crippen molar-refractivity contribution in [2.75, 3.05) is 6.54 Å². The molecule has 1 aliphatic carbocycles. The number of benzene rings is 1. The van der Waals surface area contributed by atoms with Gasteiger partial charge < -0.3 is 10.5 Å². The highest BCUT2D eigenvalue weighted by atomic mass is 16.6. The van der Waals surface area contributed by atoms with Gasteiger partial charge in [-0.3, -0.25) is 4.79 Å². The molecule has 1 aliphatic rings. The molecule has 2 N–H and O–H groups in total. The van der Waals surface area contributed by atoms with E-state index in [1.807, 2.05) is 26.8 Å². The van der Waals surface area contributed by atoms with Gasteiger partial charge in [-0.25, -0.2) is 0 Å². The Kier molecular flexibility index (Phi) is 4.19. The molecule has 0 spiro atoms. The fraction of sp³-hybridized carbons (Fsp3) is 0.588. The zero-order valence-corrected chi connectivity index (χ0v) is 12.7. The van der Waals surface area contributed by atoms with Crippen LogP contribution in [0.5, 0.6) is 0 Å². The number of rotatable bonds is 3. The molecule has 3 heteroatoms. The summed E-state index contributed by atoms with van der Waals surface area (Å²) in [7, 11) is 0. The number of carbonyl (C=O) groups excluding carboxylic acids is 1. The molecule has 0 heterocycles. The van der Waals surface area contributed by atoms with Crippen LogP contribution in [-0.2, 0) is 21.4 Å². The van der Waals surface area contributed by atoms with Crippen LogP contribution >= 0.6 is 0 Å². The first-order chi connectivity index (χ1) is 9.36. The summed E-state index contributed by atoms with van der Waals surface area (Å²) in [6.45, 7) is 6.18. The van der Waals surface area contributed by atoms with Gasteiger partial charge in [0.15, 0.2) is 0 Å². The molecule has 0 saturated carbocycles. The Bertz CT molecular complexity index is 490. The van der Waals surface area contributed by atoms with Crippen molar-refractivity contribution in [3.05, 3.63) is 35.4 Å². The lowest BCUT2D eigenvalue weighted by Gasteiger charge is -2.38. The summed E-state index contributed by atoms with van der Waals surface area (Å²) in [6.07, 6.45) is 3.49. The molecule has 20 heavy (non-hydrogen) atoms. The quantitative estimate of drug-likeness (QED) is 0.863. The van der Waals surface area contributed by atoms with Gasteiger partial charge in [-0.05, 0) is 51.2 Å². The molecule has 1 aromatic carbocycles. The van der Waals surface area contributed by atoms with Gasteiger partial charge in [0.05, 0.1) is 6.42 Å². The second-order valence-corrected chi connectivity index (χ2v) is 6.76. The summed E-state index contributed by atoms with van der Waals surface area (Å²) < 4.78 is 5.49. The van der Waals surface area contributed by atoms with Crippen molar-refractivity contribution in [3.8, 4) is 0 Å². The highest BCUT2D eigenvalue weighted by Crippen LogP contribution is 2.39. The number of nitrogens with two attached hydrogens (primary N) is 1. The Morgan fingerprint density at radius 1 is 1.35 bits per heavy atom. The number of carbonyl (C=O) groups is 1.